The molecule has 0 bridgehead atoms. The van der Waals surface area contributed by atoms with Crippen molar-refractivity contribution >= 4 is 38.3 Å². The average molecular weight is 553 g/mol. The summed E-state index contributed by atoms with van der Waals surface area (Å²) in [4.78, 5) is 28.4. The number of nitrogens with zero attached hydrogens (tertiary/aromatic N) is 1. The maximum Gasteiger partial charge on any atom is 0.271 e. The van der Waals surface area contributed by atoms with Gasteiger partial charge in [-0.3, -0.25) is 14.3 Å². The number of nitrogens with one attached hydrogen (secondary N) is 3. The van der Waals surface area contributed by atoms with Crippen molar-refractivity contribution in [3.8, 4) is 0 Å². The molecule has 2 aromatic rings. The fraction of sp³-hybridized carbons (Fsp3) is 0.500. The van der Waals surface area contributed by atoms with Crippen molar-refractivity contribution in [1.29, 1.82) is 0 Å². The molecule has 1 aromatic carbocycles. The van der Waals surface area contributed by atoms with Crippen LogP contribution in [0.4, 0.5) is 13.9 Å². The summed E-state index contributed by atoms with van der Waals surface area (Å²) in [6.07, 6.45) is -0.785. The van der Waals surface area contributed by atoms with Crippen molar-refractivity contribution in [3.63, 3.8) is 0 Å². The van der Waals surface area contributed by atoms with Crippen LogP contribution in [0.25, 0.3) is 0 Å². The zero-order valence-electron chi connectivity index (χ0n) is 20.0. The fourth-order valence-corrected chi connectivity index (χ4v) is 5.10. The van der Waals surface area contributed by atoms with E-state index in [0.717, 1.165) is 36.1 Å². The van der Waals surface area contributed by atoms with Crippen LogP contribution in [0.3, 0.4) is 0 Å². The number of carbonyl (C=O) groups excluding carboxylic acids is 2. The molecule has 2 rings (SSSR count). The lowest BCUT2D eigenvalue weighted by Crippen LogP contribution is -2.56. The van der Waals surface area contributed by atoms with Gasteiger partial charge in [-0.2, -0.15) is 0 Å². The van der Waals surface area contributed by atoms with Gasteiger partial charge in [-0.05, 0) is 30.5 Å². The van der Waals surface area contributed by atoms with Gasteiger partial charge in [-0.25, -0.2) is 22.2 Å². The highest BCUT2D eigenvalue weighted by Crippen LogP contribution is 2.19. The van der Waals surface area contributed by atoms with Crippen molar-refractivity contribution in [2.24, 2.45) is 0 Å². The Labute approximate surface area is 215 Å². The average Bonchev–Trinajstić information content (AvgIpc) is 3.21. The highest BCUT2D eigenvalue weighted by molar-refractivity contribution is 7.92. The number of hydrogen-bond acceptors (Lipinski definition) is 8. The first-order valence-electron chi connectivity index (χ1n) is 11.1. The Morgan fingerprint density at radius 2 is 1.72 bits per heavy atom. The van der Waals surface area contributed by atoms with Crippen LogP contribution in [0.15, 0.2) is 23.6 Å². The molecule has 0 spiro atoms. The number of anilines is 1. The van der Waals surface area contributed by atoms with E-state index < -0.39 is 57.8 Å². The third-order valence-corrected chi connectivity index (χ3v) is 6.59. The molecule has 0 aliphatic heterocycles. The first kappa shape index (κ1) is 29.5. The summed E-state index contributed by atoms with van der Waals surface area (Å²) in [5, 5.41) is 28.2. The number of unbranched alkanes of at least 4 members (excludes halogenated alkanes) is 1. The molecule has 36 heavy (non-hydrogen) atoms. The Bertz CT molecular complexity index is 1150. The minimum atomic E-state index is -3.63. The number of rotatable bonds is 13. The Hall–Kier alpha value is -2.68. The molecule has 5 N–H and O–H groups in total. The van der Waals surface area contributed by atoms with Gasteiger partial charge in [0.2, 0.25) is 15.9 Å². The standard InChI is InChI=1S/C22H30F2N4O6S2.2H2/c1-4-5-6-16(25-12(2)29)19(30)20(31)17(9-13-7-14(23)10-15(24)8-13)26-21(32)18-11-35-22(27-18)28-36(3,33)34;;/h7-8,10-11,16-17,19-20,30-31H,4-6,9H2,1-3H3,(H,25,29)(H,26,32)(H,27,28);2*1H/t16-,17+,19-,20-;;/m1../s1. The molecule has 1 heterocycles. The predicted molar refractivity (Wildman–Crippen MR) is 135 cm³/mol. The molecular weight excluding hydrogens is 518 g/mol. The van der Waals surface area contributed by atoms with Gasteiger partial charge in [-0.1, -0.05) is 19.8 Å². The maximum absolute atomic E-state index is 13.8. The minimum Gasteiger partial charge on any atom is -0.388 e. The summed E-state index contributed by atoms with van der Waals surface area (Å²) in [6.45, 7) is 3.17. The number of amides is 2. The monoisotopic (exact) mass is 552 g/mol. The lowest BCUT2D eigenvalue weighted by Gasteiger charge is -2.32. The Morgan fingerprint density at radius 3 is 2.28 bits per heavy atom. The summed E-state index contributed by atoms with van der Waals surface area (Å²) < 4.78 is 52.5. The quantitative estimate of drug-likeness (QED) is 0.254. The van der Waals surface area contributed by atoms with E-state index in [4.69, 9.17) is 0 Å². The molecule has 10 nitrogen and oxygen atoms in total. The van der Waals surface area contributed by atoms with Gasteiger partial charge in [0.05, 0.1) is 18.3 Å². The number of thiazole rings is 1. The van der Waals surface area contributed by atoms with E-state index in [-0.39, 0.29) is 25.7 Å². The van der Waals surface area contributed by atoms with Crippen molar-refractivity contribution in [1.82, 2.24) is 15.6 Å². The Balaban J connectivity index is 0.00000684. The molecule has 14 heteroatoms. The van der Waals surface area contributed by atoms with Gasteiger partial charge in [0.1, 0.15) is 29.5 Å². The summed E-state index contributed by atoms with van der Waals surface area (Å²) in [7, 11) is -3.63. The van der Waals surface area contributed by atoms with Crippen LogP contribution < -0.4 is 15.4 Å². The van der Waals surface area contributed by atoms with Crippen LogP contribution in [-0.4, -0.2) is 66.0 Å². The number of hydrogen-bond donors (Lipinski definition) is 5. The van der Waals surface area contributed by atoms with E-state index >= 15 is 0 Å². The number of benzene rings is 1. The Kier molecular flexibility index (Phi) is 10.7. The summed E-state index contributed by atoms with van der Waals surface area (Å²) >= 11 is 0.854. The fourth-order valence-electron chi connectivity index (χ4n) is 3.56. The zero-order chi connectivity index (χ0) is 27.0. The number of sulfonamides is 1. The van der Waals surface area contributed by atoms with E-state index in [1.165, 1.54) is 12.3 Å². The van der Waals surface area contributed by atoms with Crippen LogP contribution >= 0.6 is 11.3 Å². The lowest BCUT2D eigenvalue weighted by atomic mass is 9.91. The summed E-state index contributed by atoms with van der Waals surface area (Å²) in [6, 6.07) is 0.637. The van der Waals surface area contributed by atoms with Gasteiger partial charge in [0.15, 0.2) is 5.13 Å². The second kappa shape index (κ2) is 13.0. The minimum absolute atomic E-state index is 0. The Morgan fingerprint density at radius 1 is 1.11 bits per heavy atom. The molecular formula is C22H34F2N4O6S2. The molecule has 0 aliphatic rings. The number of aromatic nitrogens is 1. The first-order chi connectivity index (χ1) is 16.8. The SMILES string of the molecule is CCCC[C@@H](NC(C)=O)[C@@H](O)[C@H](O)[C@H](Cc1cc(F)cc(F)c1)NC(=O)c1csc(NS(C)(=O)=O)n1.[HH].[HH]. The summed E-state index contributed by atoms with van der Waals surface area (Å²) in [5.41, 5.74) is -0.0703. The molecule has 0 fully saturated rings. The highest BCUT2D eigenvalue weighted by Gasteiger charge is 2.34. The first-order valence-corrected chi connectivity index (χ1v) is 13.9. The normalized spacial score (nSPS) is 15.0. The molecule has 2 amide bonds. The highest BCUT2D eigenvalue weighted by atomic mass is 32.2. The second-order valence-corrected chi connectivity index (χ2v) is 11.0. The van der Waals surface area contributed by atoms with Crippen LogP contribution in [0, 0.1) is 11.6 Å². The van der Waals surface area contributed by atoms with E-state index in [1.54, 1.807) is 0 Å². The van der Waals surface area contributed by atoms with Gasteiger partial charge in [0.25, 0.3) is 5.91 Å². The van der Waals surface area contributed by atoms with E-state index in [9.17, 15) is 37.0 Å². The van der Waals surface area contributed by atoms with Crippen molar-refractivity contribution in [2.75, 3.05) is 11.0 Å². The van der Waals surface area contributed by atoms with Crippen molar-refractivity contribution in [3.05, 3.63) is 46.5 Å². The van der Waals surface area contributed by atoms with Crippen molar-refractivity contribution < 1.29 is 39.9 Å². The molecule has 0 saturated heterocycles. The lowest BCUT2D eigenvalue weighted by molar-refractivity contribution is -0.121. The number of halogens is 2. The van der Waals surface area contributed by atoms with Gasteiger partial charge >= 0.3 is 0 Å². The molecule has 0 saturated carbocycles. The van der Waals surface area contributed by atoms with E-state index in [0.29, 0.717) is 18.9 Å². The third kappa shape index (κ3) is 9.41. The topological polar surface area (TPSA) is 158 Å². The number of aliphatic hydroxyl groups is 2. The number of aliphatic hydroxyl groups excluding tert-OH is 2. The van der Waals surface area contributed by atoms with Gasteiger partial charge in [-0.15, -0.1) is 11.3 Å². The van der Waals surface area contributed by atoms with E-state index in [2.05, 4.69) is 20.3 Å². The van der Waals surface area contributed by atoms with Crippen LogP contribution in [0.1, 0.15) is 52.0 Å². The smallest absolute Gasteiger partial charge is 0.271 e. The third-order valence-electron chi connectivity index (χ3n) is 5.14. The molecule has 1 aromatic heterocycles. The predicted octanol–water partition coefficient (Wildman–Crippen LogP) is 2.04. The van der Waals surface area contributed by atoms with Crippen LogP contribution in [0.5, 0.6) is 0 Å². The largest absolute Gasteiger partial charge is 0.388 e. The zero-order valence-corrected chi connectivity index (χ0v) is 21.6. The van der Waals surface area contributed by atoms with Crippen molar-refractivity contribution in [2.45, 2.75) is 63.8 Å². The maximum atomic E-state index is 13.8. The van der Waals surface area contributed by atoms with Gasteiger partial charge < -0.3 is 20.8 Å². The van der Waals surface area contributed by atoms with E-state index in [1.807, 2.05) is 6.92 Å². The second-order valence-electron chi connectivity index (χ2n) is 8.40. The van der Waals surface area contributed by atoms with Crippen LogP contribution in [-0.2, 0) is 21.2 Å². The summed E-state index contributed by atoms with van der Waals surface area (Å²) in [5.74, 6) is -2.96. The molecule has 4 atom stereocenters. The molecule has 0 aliphatic carbocycles. The van der Waals surface area contributed by atoms with Crippen LogP contribution in [0.2, 0.25) is 0 Å². The van der Waals surface area contributed by atoms with Gasteiger partial charge in [0, 0.05) is 21.2 Å². The molecule has 0 unspecified atom stereocenters. The molecule has 204 valence electrons. The number of carbonyl (C=O) groups is 2. The molecule has 0 radical (unpaired) electrons.